The molecule has 2 aromatic rings. The SMILES string of the molecule is CC(C)c1ccc2nc(N3CCOCC3)ccc2c1. The van der Waals surface area contributed by atoms with Crippen molar-refractivity contribution in [3.63, 3.8) is 0 Å². The molecular weight excluding hydrogens is 236 g/mol. The summed E-state index contributed by atoms with van der Waals surface area (Å²) in [4.78, 5) is 7.06. The van der Waals surface area contributed by atoms with Gasteiger partial charge in [-0.05, 0) is 35.7 Å². The largest absolute Gasteiger partial charge is 0.378 e. The first-order chi connectivity index (χ1) is 9.24. The zero-order valence-electron chi connectivity index (χ0n) is 11.6. The van der Waals surface area contributed by atoms with Crippen LogP contribution in [0.5, 0.6) is 0 Å². The molecule has 3 heteroatoms. The van der Waals surface area contributed by atoms with Gasteiger partial charge >= 0.3 is 0 Å². The number of nitrogens with zero attached hydrogens (tertiary/aromatic N) is 2. The fourth-order valence-corrected chi connectivity index (χ4v) is 2.46. The topological polar surface area (TPSA) is 25.4 Å². The van der Waals surface area contributed by atoms with Crippen molar-refractivity contribution in [2.75, 3.05) is 31.2 Å². The molecule has 0 N–H and O–H groups in total. The quantitative estimate of drug-likeness (QED) is 0.825. The summed E-state index contributed by atoms with van der Waals surface area (Å²) in [5.74, 6) is 1.62. The maximum absolute atomic E-state index is 5.38. The number of fused-ring (bicyclic) bond motifs is 1. The molecule has 1 aromatic carbocycles. The van der Waals surface area contributed by atoms with Crippen LogP contribution in [0.1, 0.15) is 25.3 Å². The van der Waals surface area contributed by atoms with Crippen LogP contribution in [0.2, 0.25) is 0 Å². The Morgan fingerprint density at radius 3 is 2.63 bits per heavy atom. The lowest BCUT2D eigenvalue weighted by Gasteiger charge is -2.27. The van der Waals surface area contributed by atoms with Crippen LogP contribution in [0.15, 0.2) is 30.3 Å². The standard InChI is InChI=1S/C16H20N2O/c1-12(2)13-3-5-15-14(11-13)4-6-16(17-15)18-7-9-19-10-8-18/h3-6,11-12H,7-10H2,1-2H3. The maximum atomic E-state index is 5.38. The Bertz CT molecular complexity index is 574. The Morgan fingerprint density at radius 1 is 1.11 bits per heavy atom. The van der Waals surface area contributed by atoms with E-state index in [1.165, 1.54) is 10.9 Å². The molecule has 0 bridgehead atoms. The molecule has 0 aliphatic carbocycles. The second-order valence-corrected chi connectivity index (χ2v) is 5.38. The number of aromatic nitrogens is 1. The average molecular weight is 256 g/mol. The summed E-state index contributed by atoms with van der Waals surface area (Å²) in [6.45, 7) is 7.90. The minimum Gasteiger partial charge on any atom is -0.378 e. The van der Waals surface area contributed by atoms with Crippen LogP contribution in [0, 0.1) is 0 Å². The van der Waals surface area contributed by atoms with Crippen molar-refractivity contribution in [2.24, 2.45) is 0 Å². The molecule has 2 heterocycles. The minimum absolute atomic E-state index is 0.559. The van der Waals surface area contributed by atoms with Gasteiger partial charge in [-0.25, -0.2) is 4.98 Å². The molecule has 0 amide bonds. The van der Waals surface area contributed by atoms with E-state index in [-0.39, 0.29) is 0 Å². The first-order valence-corrected chi connectivity index (χ1v) is 6.97. The molecular formula is C16H20N2O. The number of rotatable bonds is 2. The van der Waals surface area contributed by atoms with Crippen molar-refractivity contribution in [3.8, 4) is 0 Å². The van der Waals surface area contributed by atoms with Crippen LogP contribution in [0.25, 0.3) is 10.9 Å². The average Bonchev–Trinajstić information content (AvgIpc) is 2.47. The summed E-state index contributed by atoms with van der Waals surface area (Å²) in [7, 11) is 0. The first kappa shape index (κ1) is 12.4. The minimum atomic E-state index is 0.559. The van der Waals surface area contributed by atoms with Crippen molar-refractivity contribution in [3.05, 3.63) is 35.9 Å². The zero-order chi connectivity index (χ0) is 13.2. The fraction of sp³-hybridized carbons (Fsp3) is 0.438. The van der Waals surface area contributed by atoms with Crippen LogP contribution in [-0.4, -0.2) is 31.3 Å². The van der Waals surface area contributed by atoms with Gasteiger partial charge in [0.1, 0.15) is 5.82 Å². The Morgan fingerprint density at radius 2 is 1.89 bits per heavy atom. The lowest BCUT2D eigenvalue weighted by atomic mass is 10.0. The maximum Gasteiger partial charge on any atom is 0.129 e. The van der Waals surface area contributed by atoms with Gasteiger partial charge in [0.05, 0.1) is 18.7 Å². The Kier molecular flexibility index (Phi) is 3.38. The van der Waals surface area contributed by atoms with E-state index in [0.29, 0.717) is 5.92 Å². The summed E-state index contributed by atoms with van der Waals surface area (Å²) in [5, 5.41) is 1.23. The summed E-state index contributed by atoms with van der Waals surface area (Å²) in [6, 6.07) is 10.9. The number of hydrogen-bond donors (Lipinski definition) is 0. The van der Waals surface area contributed by atoms with Crippen molar-refractivity contribution in [2.45, 2.75) is 19.8 Å². The highest BCUT2D eigenvalue weighted by Crippen LogP contribution is 2.23. The van der Waals surface area contributed by atoms with Gasteiger partial charge in [0, 0.05) is 18.5 Å². The number of anilines is 1. The molecule has 1 aromatic heterocycles. The third kappa shape index (κ3) is 2.56. The predicted octanol–water partition coefficient (Wildman–Crippen LogP) is 3.19. The second kappa shape index (κ2) is 5.17. The van der Waals surface area contributed by atoms with Crippen LogP contribution in [0.3, 0.4) is 0 Å². The van der Waals surface area contributed by atoms with Gasteiger partial charge in [-0.15, -0.1) is 0 Å². The van der Waals surface area contributed by atoms with Gasteiger partial charge in [-0.3, -0.25) is 0 Å². The molecule has 0 spiro atoms. The monoisotopic (exact) mass is 256 g/mol. The molecule has 1 saturated heterocycles. The lowest BCUT2D eigenvalue weighted by molar-refractivity contribution is 0.122. The van der Waals surface area contributed by atoms with Gasteiger partial charge < -0.3 is 9.64 Å². The molecule has 0 atom stereocenters. The van der Waals surface area contributed by atoms with Crippen LogP contribution in [-0.2, 0) is 4.74 Å². The van der Waals surface area contributed by atoms with E-state index in [1.54, 1.807) is 0 Å². The molecule has 1 aliphatic heterocycles. The van der Waals surface area contributed by atoms with Crippen LogP contribution in [0.4, 0.5) is 5.82 Å². The molecule has 3 rings (SSSR count). The molecule has 19 heavy (non-hydrogen) atoms. The molecule has 3 nitrogen and oxygen atoms in total. The van der Waals surface area contributed by atoms with Gasteiger partial charge in [-0.2, -0.15) is 0 Å². The highest BCUT2D eigenvalue weighted by atomic mass is 16.5. The molecule has 0 saturated carbocycles. The van der Waals surface area contributed by atoms with E-state index < -0.39 is 0 Å². The van der Waals surface area contributed by atoms with Crippen molar-refractivity contribution in [1.29, 1.82) is 0 Å². The molecule has 100 valence electrons. The summed E-state index contributed by atoms with van der Waals surface area (Å²) in [6.07, 6.45) is 0. The number of pyridine rings is 1. The third-order valence-electron chi connectivity index (χ3n) is 3.70. The molecule has 0 unspecified atom stereocenters. The predicted molar refractivity (Wildman–Crippen MR) is 78.9 cm³/mol. The Labute approximate surface area is 114 Å². The lowest BCUT2D eigenvalue weighted by Crippen LogP contribution is -2.36. The number of morpholine rings is 1. The summed E-state index contributed by atoms with van der Waals surface area (Å²) in [5.41, 5.74) is 2.45. The highest BCUT2D eigenvalue weighted by Gasteiger charge is 2.12. The fourth-order valence-electron chi connectivity index (χ4n) is 2.46. The molecule has 1 fully saturated rings. The van der Waals surface area contributed by atoms with E-state index in [0.717, 1.165) is 37.6 Å². The van der Waals surface area contributed by atoms with E-state index in [2.05, 4.69) is 49.1 Å². The van der Waals surface area contributed by atoms with Crippen LogP contribution < -0.4 is 4.90 Å². The smallest absolute Gasteiger partial charge is 0.129 e. The summed E-state index contributed by atoms with van der Waals surface area (Å²) >= 11 is 0. The van der Waals surface area contributed by atoms with Crippen molar-refractivity contribution < 1.29 is 4.74 Å². The van der Waals surface area contributed by atoms with Gasteiger partial charge in [-0.1, -0.05) is 19.9 Å². The van der Waals surface area contributed by atoms with Gasteiger partial charge in [0.25, 0.3) is 0 Å². The zero-order valence-corrected chi connectivity index (χ0v) is 11.6. The molecule has 0 radical (unpaired) electrons. The third-order valence-corrected chi connectivity index (χ3v) is 3.70. The van der Waals surface area contributed by atoms with E-state index in [1.807, 2.05) is 0 Å². The van der Waals surface area contributed by atoms with Gasteiger partial charge in [0.15, 0.2) is 0 Å². The summed E-state index contributed by atoms with van der Waals surface area (Å²) < 4.78 is 5.38. The van der Waals surface area contributed by atoms with E-state index in [9.17, 15) is 0 Å². The van der Waals surface area contributed by atoms with Crippen molar-refractivity contribution in [1.82, 2.24) is 4.98 Å². The first-order valence-electron chi connectivity index (χ1n) is 6.97. The molecule has 1 aliphatic rings. The normalized spacial score (nSPS) is 16.3. The Hall–Kier alpha value is -1.61. The van der Waals surface area contributed by atoms with Crippen molar-refractivity contribution >= 4 is 16.7 Å². The van der Waals surface area contributed by atoms with Crippen LogP contribution >= 0.6 is 0 Å². The van der Waals surface area contributed by atoms with E-state index >= 15 is 0 Å². The van der Waals surface area contributed by atoms with Gasteiger partial charge in [0.2, 0.25) is 0 Å². The highest BCUT2D eigenvalue weighted by molar-refractivity contribution is 5.81. The number of hydrogen-bond acceptors (Lipinski definition) is 3. The number of ether oxygens (including phenoxy) is 1. The second-order valence-electron chi connectivity index (χ2n) is 5.38. The van der Waals surface area contributed by atoms with E-state index in [4.69, 9.17) is 9.72 Å². The number of benzene rings is 1. The Balaban J connectivity index is 1.94.